The Bertz CT molecular complexity index is 641. The molecule has 1 aliphatic heterocycles. The Morgan fingerprint density at radius 3 is 3.11 bits per heavy atom. The summed E-state index contributed by atoms with van der Waals surface area (Å²) in [7, 11) is 0. The van der Waals surface area contributed by atoms with Gasteiger partial charge in [0.05, 0.1) is 31.7 Å². The van der Waals surface area contributed by atoms with E-state index >= 15 is 0 Å². The molecule has 8 nitrogen and oxygen atoms in total. The molecule has 2 aromatic heterocycles. The highest BCUT2D eigenvalue weighted by Crippen LogP contribution is 2.25. The largest absolute Gasteiger partial charge is 0.394 e. The number of aromatic nitrogens is 4. The van der Waals surface area contributed by atoms with Crippen molar-refractivity contribution >= 4 is 17.1 Å². The molecule has 3 rings (SSSR count). The molecule has 0 aromatic carbocycles. The Morgan fingerprint density at radius 1 is 1.58 bits per heavy atom. The maximum atomic E-state index is 11.7. The van der Waals surface area contributed by atoms with E-state index in [0.717, 1.165) is 12.8 Å². The maximum Gasteiger partial charge on any atom is 0.280 e. The Hall–Kier alpha value is -1.93. The van der Waals surface area contributed by atoms with E-state index in [1.54, 1.807) is 6.33 Å². The molecule has 0 unspecified atom stereocenters. The van der Waals surface area contributed by atoms with Gasteiger partial charge >= 0.3 is 0 Å². The molecule has 0 amide bonds. The fraction of sp³-hybridized carbons (Fsp3) is 0.545. The SMILES string of the molecule is Nc1nc2c(ncn2[C@H]2CC[C@@H](CO)OC2)c(=O)[nH]1. The van der Waals surface area contributed by atoms with Gasteiger partial charge in [-0.15, -0.1) is 0 Å². The van der Waals surface area contributed by atoms with Crippen molar-refractivity contribution in [1.29, 1.82) is 0 Å². The van der Waals surface area contributed by atoms with Gasteiger partial charge in [-0.1, -0.05) is 0 Å². The third kappa shape index (κ3) is 2.08. The van der Waals surface area contributed by atoms with E-state index in [1.165, 1.54) is 0 Å². The zero-order valence-electron chi connectivity index (χ0n) is 10.2. The number of nitrogens with one attached hydrogen (secondary N) is 1. The second kappa shape index (κ2) is 4.63. The monoisotopic (exact) mass is 265 g/mol. The molecule has 3 heterocycles. The van der Waals surface area contributed by atoms with E-state index in [9.17, 15) is 4.79 Å². The first-order chi connectivity index (χ1) is 9.19. The summed E-state index contributed by atoms with van der Waals surface area (Å²) in [6.45, 7) is 0.493. The molecular formula is C11H15N5O3. The van der Waals surface area contributed by atoms with Crippen LogP contribution in [0.15, 0.2) is 11.1 Å². The summed E-state index contributed by atoms with van der Waals surface area (Å²) in [6.07, 6.45) is 3.08. The molecule has 1 aliphatic rings. The van der Waals surface area contributed by atoms with E-state index in [4.69, 9.17) is 15.6 Å². The quantitative estimate of drug-likeness (QED) is 0.668. The number of hydrogen-bond acceptors (Lipinski definition) is 6. The summed E-state index contributed by atoms with van der Waals surface area (Å²) in [5.41, 5.74) is 5.96. The van der Waals surface area contributed by atoms with Gasteiger partial charge in [0, 0.05) is 0 Å². The third-order valence-corrected chi connectivity index (χ3v) is 3.39. The maximum absolute atomic E-state index is 11.7. The van der Waals surface area contributed by atoms with Crippen molar-refractivity contribution in [3.63, 3.8) is 0 Å². The Kier molecular flexibility index (Phi) is 2.96. The summed E-state index contributed by atoms with van der Waals surface area (Å²) in [6, 6.07) is 0.0569. The number of fused-ring (bicyclic) bond motifs is 1. The third-order valence-electron chi connectivity index (χ3n) is 3.39. The van der Waals surface area contributed by atoms with E-state index in [2.05, 4.69) is 15.0 Å². The van der Waals surface area contributed by atoms with Gasteiger partial charge in [0.2, 0.25) is 5.95 Å². The minimum Gasteiger partial charge on any atom is -0.394 e. The molecule has 102 valence electrons. The highest BCUT2D eigenvalue weighted by molar-refractivity contribution is 5.70. The van der Waals surface area contributed by atoms with Gasteiger partial charge in [-0.25, -0.2) is 4.98 Å². The van der Waals surface area contributed by atoms with Crippen molar-refractivity contribution in [3.8, 4) is 0 Å². The van der Waals surface area contributed by atoms with Crippen LogP contribution in [0.1, 0.15) is 18.9 Å². The lowest BCUT2D eigenvalue weighted by Crippen LogP contribution is -2.30. The lowest BCUT2D eigenvalue weighted by Gasteiger charge is -2.28. The smallest absolute Gasteiger partial charge is 0.280 e. The lowest BCUT2D eigenvalue weighted by molar-refractivity contribution is -0.0383. The summed E-state index contributed by atoms with van der Waals surface area (Å²) >= 11 is 0. The minimum atomic E-state index is -0.341. The summed E-state index contributed by atoms with van der Waals surface area (Å²) in [4.78, 5) is 22.3. The second-order valence-corrected chi connectivity index (χ2v) is 4.64. The van der Waals surface area contributed by atoms with Crippen LogP contribution in [0.5, 0.6) is 0 Å². The first-order valence-electron chi connectivity index (χ1n) is 6.14. The predicted molar refractivity (Wildman–Crippen MR) is 67.7 cm³/mol. The second-order valence-electron chi connectivity index (χ2n) is 4.64. The minimum absolute atomic E-state index is 0.0300. The summed E-state index contributed by atoms with van der Waals surface area (Å²) in [5.74, 6) is 0.0733. The van der Waals surface area contributed by atoms with Crippen LogP contribution in [0, 0.1) is 0 Å². The van der Waals surface area contributed by atoms with Gasteiger partial charge < -0.3 is 20.1 Å². The molecular weight excluding hydrogens is 250 g/mol. The summed E-state index contributed by atoms with van der Waals surface area (Å²) in [5, 5.41) is 9.03. The normalized spacial score (nSPS) is 23.8. The highest BCUT2D eigenvalue weighted by atomic mass is 16.5. The van der Waals surface area contributed by atoms with E-state index < -0.39 is 0 Å². The number of ether oxygens (including phenoxy) is 1. The van der Waals surface area contributed by atoms with E-state index in [-0.39, 0.29) is 35.8 Å². The number of H-pyrrole nitrogens is 1. The van der Waals surface area contributed by atoms with Crippen molar-refractivity contribution in [2.24, 2.45) is 0 Å². The number of aliphatic hydroxyl groups is 1. The van der Waals surface area contributed by atoms with Crippen LogP contribution in [-0.2, 0) is 4.74 Å². The van der Waals surface area contributed by atoms with Crippen molar-refractivity contribution in [2.45, 2.75) is 25.0 Å². The molecule has 19 heavy (non-hydrogen) atoms. The van der Waals surface area contributed by atoms with Crippen LogP contribution in [0.3, 0.4) is 0 Å². The fourth-order valence-electron chi connectivity index (χ4n) is 2.37. The van der Waals surface area contributed by atoms with Crippen LogP contribution in [0.4, 0.5) is 5.95 Å². The van der Waals surface area contributed by atoms with Gasteiger partial charge in [0.25, 0.3) is 5.56 Å². The number of rotatable bonds is 2. The highest BCUT2D eigenvalue weighted by Gasteiger charge is 2.24. The molecule has 0 saturated carbocycles. The molecule has 0 bridgehead atoms. The molecule has 1 fully saturated rings. The molecule has 0 spiro atoms. The number of nitrogens with zero attached hydrogens (tertiary/aromatic N) is 3. The standard InChI is InChI=1S/C11H15N5O3/c12-11-14-9-8(10(18)15-11)13-5-16(9)6-1-2-7(3-17)19-4-6/h5-7,17H,1-4H2,(H3,12,14,15,18)/t6-,7-/m0/s1. The van der Waals surface area contributed by atoms with Gasteiger partial charge in [-0.3, -0.25) is 9.78 Å². The van der Waals surface area contributed by atoms with E-state index in [0.29, 0.717) is 12.3 Å². The number of imidazole rings is 1. The van der Waals surface area contributed by atoms with Gasteiger partial charge in [0.1, 0.15) is 0 Å². The molecule has 4 N–H and O–H groups in total. The van der Waals surface area contributed by atoms with Crippen LogP contribution in [-0.4, -0.2) is 43.9 Å². The molecule has 8 heteroatoms. The van der Waals surface area contributed by atoms with Crippen LogP contribution in [0.2, 0.25) is 0 Å². The molecule has 0 aliphatic carbocycles. The number of hydrogen-bond donors (Lipinski definition) is 3. The van der Waals surface area contributed by atoms with Crippen molar-refractivity contribution < 1.29 is 9.84 Å². The van der Waals surface area contributed by atoms with Crippen molar-refractivity contribution in [1.82, 2.24) is 19.5 Å². The van der Waals surface area contributed by atoms with Gasteiger partial charge in [-0.05, 0) is 12.8 Å². The fourth-order valence-corrected chi connectivity index (χ4v) is 2.37. The van der Waals surface area contributed by atoms with Crippen LogP contribution < -0.4 is 11.3 Å². The zero-order chi connectivity index (χ0) is 13.4. The average Bonchev–Trinajstić information content (AvgIpc) is 2.83. The average molecular weight is 265 g/mol. The lowest BCUT2D eigenvalue weighted by atomic mass is 10.1. The number of aromatic amines is 1. The van der Waals surface area contributed by atoms with Gasteiger partial charge in [-0.2, -0.15) is 4.98 Å². The van der Waals surface area contributed by atoms with Crippen LogP contribution in [0.25, 0.3) is 11.2 Å². The number of anilines is 1. The molecule has 0 radical (unpaired) electrons. The van der Waals surface area contributed by atoms with Crippen LogP contribution >= 0.6 is 0 Å². The Labute approximate surface area is 108 Å². The zero-order valence-corrected chi connectivity index (χ0v) is 10.2. The molecule has 2 aromatic rings. The molecule has 2 atom stereocenters. The number of aliphatic hydroxyl groups excluding tert-OH is 1. The van der Waals surface area contributed by atoms with Crippen molar-refractivity contribution in [3.05, 3.63) is 16.7 Å². The predicted octanol–water partition coefficient (Wildman–Crippen LogP) is -0.586. The Balaban J connectivity index is 1.96. The molecule has 1 saturated heterocycles. The first kappa shape index (κ1) is 12.1. The van der Waals surface area contributed by atoms with Crippen molar-refractivity contribution in [2.75, 3.05) is 18.9 Å². The van der Waals surface area contributed by atoms with Gasteiger partial charge in [0.15, 0.2) is 11.2 Å². The summed E-state index contributed by atoms with van der Waals surface area (Å²) < 4.78 is 7.34. The van der Waals surface area contributed by atoms with E-state index in [1.807, 2.05) is 4.57 Å². The first-order valence-corrected chi connectivity index (χ1v) is 6.14. The number of nitrogens with two attached hydrogens (primary N) is 1. The topological polar surface area (TPSA) is 119 Å². The number of nitrogen functional groups attached to an aromatic ring is 1. The Morgan fingerprint density at radius 2 is 2.42 bits per heavy atom.